The molecular formula is C17H23NO4. The second-order valence-corrected chi connectivity index (χ2v) is 5.98. The summed E-state index contributed by atoms with van der Waals surface area (Å²) in [5, 5.41) is 12.2. The van der Waals surface area contributed by atoms with Crippen molar-refractivity contribution in [2.75, 3.05) is 19.8 Å². The molecule has 1 heterocycles. The zero-order valence-corrected chi connectivity index (χ0v) is 13.1. The second kappa shape index (κ2) is 7.40. The van der Waals surface area contributed by atoms with E-state index in [2.05, 4.69) is 5.32 Å². The minimum absolute atomic E-state index is 0.0609. The van der Waals surface area contributed by atoms with Gasteiger partial charge in [-0.2, -0.15) is 0 Å². The molecule has 1 atom stereocenters. The number of ether oxygens (including phenoxy) is 1. The zero-order chi connectivity index (χ0) is 16.1. The fourth-order valence-electron chi connectivity index (χ4n) is 2.98. The van der Waals surface area contributed by atoms with Crippen LogP contribution in [-0.2, 0) is 9.53 Å². The Balaban J connectivity index is 1.99. The maximum absolute atomic E-state index is 12.2. The Kier molecular flexibility index (Phi) is 5.55. The first-order chi connectivity index (χ1) is 10.5. The van der Waals surface area contributed by atoms with Crippen LogP contribution >= 0.6 is 0 Å². The highest BCUT2D eigenvalue weighted by Crippen LogP contribution is 2.24. The Morgan fingerprint density at radius 3 is 2.36 bits per heavy atom. The van der Waals surface area contributed by atoms with Crippen LogP contribution in [-0.4, -0.2) is 36.7 Å². The van der Waals surface area contributed by atoms with Gasteiger partial charge in [-0.05, 0) is 44.7 Å². The van der Waals surface area contributed by atoms with E-state index in [1.165, 1.54) is 0 Å². The van der Waals surface area contributed by atoms with Gasteiger partial charge in [0, 0.05) is 25.3 Å². The molecule has 1 aliphatic heterocycles. The van der Waals surface area contributed by atoms with Gasteiger partial charge in [0.1, 0.15) is 0 Å². The Morgan fingerprint density at radius 2 is 1.82 bits per heavy atom. The smallest absolute Gasteiger partial charge is 0.308 e. The monoisotopic (exact) mass is 305 g/mol. The minimum atomic E-state index is -0.854. The third kappa shape index (κ3) is 4.31. The fourth-order valence-corrected chi connectivity index (χ4v) is 2.98. The molecule has 0 aliphatic carbocycles. The lowest BCUT2D eigenvalue weighted by atomic mass is 9.86. The maximum atomic E-state index is 12.2. The van der Waals surface area contributed by atoms with E-state index in [0.717, 1.165) is 24.0 Å². The number of hydrogen-bond donors (Lipinski definition) is 2. The number of aliphatic carboxylic acids is 1. The van der Waals surface area contributed by atoms with Crippen LogP contribution in [0.25, 0.3) is 0 Å². The van der Waals surface area contributed by atoms with E-state index >= 15 is 0 Å². The van der Waals surface area contributed by atoms with Gasteiger partial charge in [0.25, 0.3) is 5.91 Å². The van der Waals surface area contributed by atoms with Crippen LogP contribution in [0.15, 0.2) is 18.2 Å². The van der Waals surface area contributed by atoms with Gasteiger partial charge in [-0.1, -0.05) is 17.2 Å². The highest BCUT2D eigenvalue weighted by Gasteiger charge is 2.30. The molecule has 1 fully saturated rings. The van der Waals surface area contributed by atoms with Crippen molar-refractivity contribution in [3.05, 3.63) is 34.9 Å². The van der Waals surface area contributed by atoms with Crippen molar-refractivity contribution < 1.29 is 19.4 Å². The number of rotatable bonds is 5. The van der Waals surface area contributed by atoms with Crippen molar-refractivity contribution in [1.29, 1.82) is 0 Å². The van der Waals surface area contributed by atoms with Crippen molar-refractivity contribution in [2.24, 2.45) is 11.8 Å². The van der Waals surface area contributed by atoms with Crippen LogP contribution < -0.4 is 5.32 Å². The summed E-state index contributed by atoms with van der Waals surface area (Å²) in [6, 6.07) is 5.62. The summed E-state index contributed by atoms with van der Waals surface area (Å²) in [5.41, 5.74) is 2.61. The Morgan fingerprint density at radius 1 is 1.23 bits per heavy atom. The van der Waals surface area contributed by atoms with Crippen LogP contribution in [0.3, 0.4) is 0 Å². The standard InChI is InChI=1S/C17H23NO4/c1-11-7-12(2)9-14(8-11)16(19)18-10-15(17(20)21)13-3-5-22-6-4-13/h7-9,13,15H,3-6,10H2,1-2H3,(H,18,19)(H,20,21). The van der Waals surface area contributed by atoms with Crippen molar-refractivity contribution >= 4 is 11.9 Å². The van der Waals surface area contributed by atoms with Gasteiger partial charge in [0.2, 0.25) is 0 Å². The molecule has 0 radical (unpaired) electrons. The van der Waals surface area contributed by atoms with Crippen LogP contribution in [0, 0.1) is 25.7 Å². The van der Waals surface area contributed by atoms with E-state index in [-0.39, 0.29) is 18.4 Å². The predicted octanol–water partition coefficient (Wildman–Crippen LogP) is 2.16. The minimum Gasteiger partial charge on any atom is -0.481 e. The summed E-state index contributed by atoms with van der Waals surface area (Å²) >= 11 is 0. The van der Waals surface area contributed by atoms with Crippen LogP contribution in [0.1, 0.15) is 34.3 Å². The SMILES string of the molecule is Cc1cc(C)cc(C(=O)NCC(C(=O)O)C2CCOCC2)c1. The number of carbonyl (C=O) groups is 2. The third-order valence-electron chi connectivity index (χ3n) is 4.12. The Bertz CT molecular complexity index is 529. The first-order valence-electron chi connectivity index (χ1n) is 7.64. The second-order valence-electron chi connectivity index (χ2n) is 5.98. The van der Waals surface area contributed by atoms with E-state index < -0.39 is 11.9 Å². The van der Waals surface area contributed by atoms with Gasteiger partial charge in [-0.3, -0.25) is 9.59 Å². The van der Waals surface area contributed by atoms with Gasteiger partial charge < -0.3 is 15.2 Å². The summed E-state index contributed by atoms with van der Waals surface area (Å²) in [6.07, 6.45) is 1.47. The van der Waals surface area contributed by atoms with Crippen molar-refractivity contribution in [3.63, 3.8) is 0 Å². The van der Waals surface area contributed by atoms with E-state index in [1.807, 2.05) is 32.0 Å². The van der Waals surface area contributed by atoms with Gasteiger partial charge in [-0.15, -0.1) is 0 Å². The van der Waals surface area contributed by atoms with Crippen LogP contribution in [0.2, 0.25) is 0 Å². The highest BCUT2D eigenvalue weighted by molar-refractivity contribution is 5.94. The summed E-state index contributed by atoms with van der Waals surface area (Å²) in [6.45, 7) is 5.22. The number of nitrogens with one attached hydrogen (secondary N) is 1. The molecule has 5 nitrogen and oxygen atoms in total. The molecule has 1 amide bonds. The third-order valence-corrected chi connectivity index (χ3v) is 4.12. The number of benzene rings is 1. The molecule has 1 aromatic carbocycles. The first kappa shape index (κ1) is 16.5. The summed E-state index contributed by atoms with van der Waals surface area (Å²) < 4.78 is 5.27. The molecule has 1 aromatic rings. The molecular weight excluding hydrogens is 282 g/mol. The zero-order valence-electron chi connectivity index (χ0n) is 13.1. The van der Waals surface area contributed by atoms with Gasteiger partial charge in [0.05, 0.1) is 5.92 Å². The lowest BCUT2D eigenvalue weighted by Crippen LogP contribution is -2.39. The quantitative estimate of drug-likeness (QED) is 0.874. The number of carboxylic acid groups (broad SMARTS) is 1. The summed E-state index contributed by atoms with van der Waals surface area (Å²) in [5.74, 6) is -1.57. The van der Waals surface area contributed by atoms with Gasteiger partial charge in [0.15, 0.2) is 0 Å². The van der Waals surface area contributed by atoms with Crippen molar-refractivity contribution in [2.45, 2.75) is 26.7 Å². The van der Waals surface area contributed by atoms with E-state index in [4.69, 9.17) is 4.74 Å². The topological polar surface area (TPSA) is 75.6 Å². The number of amides is 1. The number of aryl methyl sites for hydroxylation is 2. The number of hydrogen-bond acceptors (Lipinski definition) is 3. The first-order valence-corrected chi connectivity index (χ1v) is 7.64. The molecule has 0 bridgehead atoms. The molecule has 1 saturated heterocycles. The van der Waals surface area contributed by atoms with Crippen LogP contribution in [0.5, 0.6) is 0 Å². The van der Waals surface area contributed by atoms with Gasteiger partial charge in [-0.25, -0.2) is 0 Å². The average molecular weight is 305 g/mol. The maximum Gasteiger partial charge on any atom is 0.308 e. The molecule has 120 valence electrons. The highest BCUT2D eigenvalue weighted by atomic mass is 16.5. The molecule has 5 heteroatoms. The van der Waals surface area contributed by atoms with E-state index in [1.54, 1.807) is 0 Å². The lowest BCUT2D eigenvalue weighted by Gasteiger charge is -2.27. The molecule has 2 N–H and O–H groups in total. The molecule has 0 saturated carbocycles. The summed E-state index contributed by atoms with van der Waals surface area (Å²) in [4.78, 5) is 23.7. The van der Waals surface area contributed by atoms with Gasteiger partial charge >= 0.3 is 5.97 Å². The Hall–Kier alpha value is -1.88. The number of carbonyl (C=O) groups excluding carboxylic acids is 1. The lowest BCUT2D eigenvalue weighted by molar-refractivity contribution is -0.144. The Labute approximate surface area is 130 Å². The molecule has 0 aromatic heterocycles. The number of carboxylic acids is 1. The van der Waals surface area contributed by atoms with Crippen molar-refractivity contribution in [3.8, 4) is 0 Å². The molecule has 0 spiro atoms. The molecule has 1 aliphatic rings. The fraction of sp³-hybridized carbons (Fsp3) is 0.529. The van der Waals surface area contributed by atoms with Crippen molar-refractivity contribution in [1.82, 2.24) is 5.32 Å². The van der Waals surface area contributed by atoms with Crippen LogP contribution in [0.4, 0.5) is 0 Å². The van der Waals surface area contributed by atoms with E-state index in [9.17, 15) is 14.7 Å². The normalized spacial score (nSPS) is 17.0. The largest absolute Gasteiger partial charge is 0.481 e. The average Bonchev–Trinajstić information content (AvgIpc) is 2.47. The molecule has 2 rings (SSSR count). The van der Waals surface area contributed by atoms with E-state index in [0.29, 0.717) is 18.8 Å². The predicted molar refractivity (Wildman–Crippen MR) is 82.9 cm³/mol. The molecule has 22 heavy (non-hydrogen) atoms. The summed E-state index contributed by atoms with van der Waals surface area (Å²) in [7, 11) is 0. The molecule has 1 unspecified atom stereocenters.